The molecule has 0 bridgehead atoms. The highest BCUT2D eigenvalue weighted by Gasteiger charge is 2.08. The van der Waals surface area contributed by atoms with Gasteiger partial charge in [0.15, 0.2) is 0 Å². The lowest BCUT2D eigenvalue weighted by atomic mass is 10.2. The second-order valence-electron chi connectivity index (χ2n) is 3.41. The van der Waals surface area contributed by atoms with Crippen LogP contribution in [0.3, 0.4) is 0 Å². The summed E-state index contributed by atoms with van der Waals surface area (Å²) in [5, 5.41) is 0. The van der Waals surface area contributed by atoms with Gasteiger partial charge in [-0.2, -0.15) is 0 Å². The lowest BCUT2D eigenvalue weighted by Gasteiger charge is -2.20. The summed E-state index contributed by atoms with van der Waals surface area (Å²) in [4.78, 5) is 14.9. The Bertz CT molecular complexity index is 220. The van der Waals surface area contributed by atoms with Crippen molar-refractivity contribution in [2.45, 2.75) is 33.6 Å². The van der Waals surface area contributed by atoms with Gasteiger partial charge in [0.1, 0.15) is 0 Å². The zero-order valence-corrected chi connectivity index (χ0v) is 10.6. The fraction of sp³-hybridized carbons (Fsp3) is 0.700. The number of carbonyl (C=O) groups excluding carboxylic acids is 1. The van der Waals surface area contributed by atoms with E-state index in [0.717, 1.165) is 22.6 Å². The molecule has 14 heavy (non-hydrogen) atoms. The maximum absolute atomic E-state index is 11.2. The van der Waals surface area contributed by atoms with Gasteiger partial charge in [-0.3, -0.25) is 4.79 Å². The molecule has 1 amide bonds. The van der Waals surface area contributed by atoms with Crippen molar-refractivity contribution in [2.75, 3.05) is 13.1 Å². The second-order valence-corrected chi connectivity index (χ2v) is 4.80. The normalized spacial score (nSPS) is 9.64. The van der Waals surface area contributed by atoms with Crippen molar-refractivity contribution in [3.63, 3.8) is 0 Å². The van der Waals surface area contributed by atoms with Crippen molar-refractivity contribution in [1.82, 2.24) is 4.90 Å². The Kier molecular flexibility index (Phi) is 6.83. The molecule has 0 aromatic heterocycles. The Morgan fingerprint density at radius 1 is 1.00 bits per heavy atom. The zero-order chi connectivity index (χ0) is 11.1. The highest BCUT2D eigenvalue weighted by Crippen LogP contribution is 1.98. The van der Waals surface area contributed by atoms with Crippen LogP contribution in [0.5, 0.6) is 0 Å². The summed E-state index contributed by atoms with van der Waals surface area (Å²) >= 11 is 9.94. The summed E-state index contributed by atoms with van der Waals surface area (Å²) in [6.45, 7) is 6.81. The van der Waals surface area contributed by atoms with Gasteiger partial charge in [-0.05, 0) is 36.4 Å². The summed E-state index contributed by atoms with van der Waals surface area (Å²) in [5.41, 5.74) is 0. The summed E-state index contributed by atoms with van der Waals surface area (Å²) < 4.78 is 0. The van der Waals surface area contributed by atoms with E-state index < -0.39 is 0 Å². The van der Waals surface area contributed by atoms with Gasteiger partial charge in [-0.1, -0.05) is 24.4 Å². The average molecular weight is 231 g/mol. The molecule has 0 aliphatic heterocycles. The molecule has 0 aliphatic rings. The van der Waals surface area contributed by atoms with E-state index in [9.17, 15) is 4.79 Å². The molecule has 0 aromatic rings. The van der Waals surface area contributed by atoms with Gasteiger partial charge < -0.3 is 4.90 Å². The summed E-state index contributed by atoms with van der Waals surface area (Å²) in [6, 6.07) is 0. The summed E-state index contributed by atoms with van der Waals surface area (Å²) in [5.74, 6) is 0.0949. The van der Waals surface area contributed by atoms with Crippen LogP contribution in [0.25, 0.3) is 0 Å². The first-order chi connectivity index (χ1) is 6.43. The first-order valence-corrected chi connectivity index (χ1v) is 5.49. The molecule has 2 nitrogen and oxygen atoms in total. The molecule has 0 heterocycles. The number of nitrogens with zero attached hydrogens (tertiary/aromatic N) is 1. The first-order valence-electron chi connectivity index (χ1n) is 4.68. The van der Waals surface area contributed by atoms with Crippen LogP contribution in [0.1, 0.15) is 33.6 Å². The van der Waals surface area contributed by atoms with E-state index in [1.165, 1.54) is 0 Å². The molecule has 0 atom stereocenters. The van der Waals surface area contributed by atoms with Crippen LogP contribution < -0.4 is 0 Å². The van der Waals surface area contributed by atoms with Gasteiger partial charge in [0.05, 0.1) is 0 Å². The molecular formula is C10H17NOS2. The molecule has 0 aromatic carbocycles. The lowest BCUT2D eigenvalue weighted by Crippen LogP contribution is -2.32. The van der Waals surface area contributed by atoms with Gasteiger partial charge in [0.2, 0.25) is 5.91 Å². The van der Waals surface area contributed by atoms with Crippen LogP contribution in [0, 0.1) is 0 Å². The molecule has 0 saturated heterocycles. The number of rotatable bonds is 6. The average Bonchev–Trinajstić information content (AvgIpc) is 2.02. The van der Waals surface area contributed by atoms with Crippen molar-refractivity contribution >= 4 is 40.1 Å². The Morgan fingerprint density at radius 3 is 1.57 bits per heavy atom. The molecular weight excluding hydrogens is 214 g/mol. The number of thiocarbonyl (C=S) groups is 2. The Balaban J connectivity index is 3.96. The lowest BCUT2D eigenvalue weighted by molar-refractivity contribution is -0.128. The molecule has 0 fully saturated rings. The van der Waals surface area contributed by atoms with E-state index >= 15 is 0 Å². The van der Waals surface area contributed by atoms with Crippen molar-refractivity contribution < 1.29 is 4.79 Å². The monoisotopic (exact) mass is 231 g/mol. The Hall–Kier alpha value is -0.350. The third kappa shape index (κ3) is 7.09. The quantitative estimate of drug-likeness (QED) is 0.655. The van der Waals surface area contributed by atoms with Crippen molar-refractivity contribution in [3.8, 4) is 0 Å². The first kappa shape index (κ1) is 13.7. The Morgan fingerprint density at radius 2 is 1.36 bits per heavy atom. The number of amides is 1. The zero-order valence-electron chi connectivity index (χ0n) is 9.00. The fourth-order valence-corrected chi connectivity index (χ4v) is 1.19. The predicted molar refractivity (Wildman–Crippen MR) is 68.0 cm³/mol. The van der Waals surface area contributed by atoms with E-state index in [0.29, 0.717) is 13.1 Å². The molecule has 0 saturated carbocycles. The summed E-state index contributed by atoms with van der Waals surface area (Å²) in [7, 11) is 0. The highest BCUT2D eigenvalue weighted by atomic mass is 32.1. The number of hydrogen-bond acceptors (Lipinski definition) is 3. The Labute approximate surface area is 96.7 Å². The second kappa shape index (κ2) is 7.01. The van der Waals surface area contributed by atoms with E-state index in [4.69, 9.17) is 24.4 Å². The molecule has 0 unspecified atom stereocenters. The molecule has 80 valence electrons. The van der Waals surface area contributed by atoms with Crippen molar-refractivity contribution in [1.29, 1.82) is 0 Å². The van der Waals surface area contributed by atoms with E-state index in [2.05, 4.69) is 0 Å². The van der Waals surface area contributed by atoms with Crippen LogP contribution in [-0.4, -0.2) is 33.6 Å². The largest absolute Gasteiger partial charge is 0.342 e. The third-order valence-electron chi connectivity index (χ3n) is 1.91. The van der Waals surface area contributed by atoms with Gasteiger partial charge in [-0.25, -0.2) is 0 Å². The van der Waals surface area contributed by atoms with Crippen LogP contribution in [-0.2, 0) is 4.79 Å². The molecule has 0 spiro atoms. The minimum atomic E-state index is 0.0949. The highest BCUT2D eigenvalue weighted by molar-refractivity contribution is 7.80. The topological polar surface area (TPSA) is 20.3 Å². The SMILES string of the molecule is CC(=O)N(CCC(C)=S)CCC(C)=S. The van der Waals surface area contributed by atoms with Gasteiger partial charge in [-0.15, -0.1) is 0 Å². The molecule has 4 heteroatoms. The van der Waals surface area contributed by atoms with Crippen molar-refractivity contribution in [3.05, 3.63) is 0 Å². The third-order valence-corrected chi connectivity index (χ3v) is 2.32. The summed E-state index contributed by atoms with van der Waals surface area (Å²) in [6.07, 6.45) is 1.59. The predicted octanol–water partition coefficient (Wildman–Crippen LogP) is 2.39. The maximum atomic E-state index is 11.2. The van der Waals surface area contributed by atoms with Gasteiger partial charge >= 0.3 is 0 Å². The molecule has 0 radical (unpaired) electrons. The maximum Gasteiger partial charge on any atom is 0.219 e. The van der Waals surface area contributed by atoms with E-state index in [-0.39, 0.29) is 5.91 Å². The van der Waals surface area contributed by atoms with E-state index in [1.54, 1.807) is 11.8 Å². The standard InChI is InChI=1S/C10H17NOS2/c1-8(13)4-6-11(10(3)12)7-5-9(2)14/h4-7H2,1-3H3. The van der Waals surface area contributed by atoms with Crippen LogP contribution in [0.4, 0.5) is 0 Å². The van der Waals surface area contributed by atoms with Crippen molar-refractivity contribution in [2.24, 2.45) is 0 Å². The molecule has 0 rings (SSSR count). The van der Waals surface area contributed by atoms with Gasteiger partial charge in [0.25, 0.3) is 0 Å². The smallest absolute Gasteiger partial charge is 0.219 e. The van der Waals surface area contributed by atoms with Gasteiger partial charge in [0, 0.05) is 20.0 Å². The number of carbonyl (C=O) groups is 1. The van der Waals surface area contributed by atoms with E-state index in [1.807, 2.05) is 13.8 Å². The van der Waals surface area contributed by atoms with Crippen LogP contribution in [0.15, 0.2) is 0 Å². The minimum Gasteiger partial charge on any atom is -0.342 e. The molecule has 0 aliphatic carbocycles. The van der Waals surface area contributed by atoms with Crippen LogP contribution >= 0.6 is 24.4 Å². The van der Waals surface area contributed by atoms with Crippen LogP contribution in [0.2, 0.25) is 0 Å². The minimum absolute atomic E-state index is 0.0949. The molecule has 0 N–H and O–H groups in total. The number of hydrogen-bond donors (Lipinski definition) is 0. The fourth-order valence-electron chi connectivity index (χ4n) is 1.01.